The van der Waals surface area contributed by atoms with Gasteiger partial charge in [-0.1, -0.05) is 18.2 Å². The van der Waals surface area contributed by atoms with Gasteiger partial charge in [-0.3, -0.25) is 10.1 Å². The van der Waals surface area contributed by atoms with Crippen molar-refractivity contribution in [1.29, 1.82) is 0 Å². The number of thiazole rings is 1. The Balaban J connectivity index is 1.76. The van der Waals surface area contributed by atoms with Crippen molar-refractivity contribution in [1.82, 2.24) is 10.3 Å². The number of para-hydroxylation sites is 1. The maximum absolute atomic E-state index is 12.9. The second-order valence-corrected chi connectivity index (χ2v) is 9.37. The van der Waals surface area contributed by atoms with Crippen LogP contribution in [0.4, 0.5) is 16.5 Å². The number of hydrogen-bond donors (Lipinski definition) is 2. The first-order valence-electron chi connectivity index (χ1n) is 11.7. The van der Waals surface area contributed by atoms with E-state index in [1.54, 1.807) is 31.4 Å². The topological polar surface area (TPSA) is 142 Å². The number of dihydropyridines is 1. The van der Waals surface area contributed by atoms with Crippen LogP contribution in [-0.4, -0.2) is 43.2 Å². The van der Waals surface area contributed by atoms with Gasteiger partial charge < -0.3 is 24.8 Å². The van der Waals surface area contributed by atoms with Gasteiger partial charge in [0.05, 0.1) is 49.0 Å². The van der Waals surface area contributed by atoms with Crippen molar-refractivity contribution in [3.63, 3.8) is 0 Å². The molecular formula is C27H26N4O7S. The van der Waals surface area contributed by atoms with Crippen molar-refractivity contribution < 1.29 is 28.7 Å². The van der Waals surface area contributed by atoms with Crippen LogP contribution in [0, 0.1) is 10.1 Å². The van der Waals surface area contributed by atoms with Gasteiger partial charge in [-0.2, -0.15) is 0 Å². The molecule has 1 aromatic heterocycles. The largest absolute Gasteiger partial charge is 0.490 e. The molecule has 0 unspecified atom stereocenters. The zero-order valence-electron chi connectivity index (χ0n) is 21.9. The lowest BCUT2D eigenvalue weighted by Gasteiger charge is -2.31. The van der Waals surface area contributed by atoms with Crippen molar-refractivity contribution in [2.75, 3.05) is 26.6 Å². The lowest BCUT2D eigenvalue weighted by Crippen LogP contribution is -2.32. The predicted molar refractivity (Wildman–Crippen MR) is 146 cm³/mol. The molecule has 202 valence electrons. The summed E-state index contributed by atoms with van der Waals surface area (Å²) >= 11 is 1.30. The monoisotopic (exact) mass is 550 g/mol. The molecule has 11 nitrogen and oxygen atoms in total. The van der Waals surface area contributed by atoms with Gasteiger partial charge in [0.1, 0.15) is 0 Å². The molecule has 0 atom stereocenters. The Bertz CT molecular complexity index is 1490. The molecule has 2 N–H and O–H groups in total. The summed E-state index contributed by atoms with van der Waals surface area (Å²) < 4.78 is 15.2. The third kappa shape index (κ3) is 5.32. The number of nitrogens with one attached hydrogen (secondary N) is 2. The van der Waals surface area contributed by atoms with Gasteiger partial charge >= 0.3 is 17.6 Å². The molecule has 0 bridgehead atoms. The van der Waals surface area contributed by atoms with Crippen molar-refractivity contribution >= 4 is 39.8 Å². The molecule has 2 heterocycles. The number of benzene rings is 2. The number of allylic oxidation sites excluding steroid dienone is 2. The van der Waals surface area contributed by atoms with Crippen molar-refractivity contribution in [3.05, 3.63) is 86.1 Å². The van der Waals surface area contributed by atoms with E-state index in [1.165, 1.54) is 44.8 Å². The highest BCUT2D eigenvalue weighted by Crippen LogP contribution is 2.43. The minimum absolute atomic E-state index is 0.155. The molecule has 0 amide bonds. The molecule has 0 aliphatic carbocycles. The Labute approximate surface area is 228 Å². The molecule has 0 saturated heterocycles. The molecule has 2 aromatic carbocycles. The average molecular weight is 551 g/mol. The van der Waals surface area contributed by atoms with Crippen LogP contribution in [0.5, 0.6) is 5.75 Å². The maximum Gasteiger partial charge on any atom is 0.336 e. The average Bonchev–Trinajstić information content (AvgIpc) is 3.40. The molecule has 4 rings (SSSR count). The quantitative estimate of drug-likeness (QED) is 0.222. The minimum Gasteiger partial charge on any atom is -0.490 e. The molecule has 0 radical (unpaired) electrons. The highest BCUT2D eigenvalue weighted by Gasteiger charge is 2.38. The summed E-state index contributed by atoms with van der Waals surface area (Å²) in [7, 11) is 3.94. The number of carbonyl (C=O) groups excluding carboxylic acids is 2. The van der Waals surface area contributed by atoms with Crippen LogP contribution in [-0.2, 0) is 19.1 Å². The lowest BCUT2D eigenvalue weighted by molar-refractivity contribution is -0.385. The number of ether oxygens (including phenoxy) is 3. The molecular weight excluding hydrogens is 524 g/mol. The first-order valence-corrected chi connectivity index (χ1v) is 12.6. The highest BCUT2D eigenvalue weighted by molar-refractivity contribution is 7.14. The van der Waals surface area contributed by atoms with Crippen molar-refractivity contribution in [2.24, 2.45) is 0 Å². The number of aromatic nitrogens is 1. The number of nitro benzene ring substituents is 1. The van der Waals surface area contributed by atoms with Gasteiger partial charge in [0.15, 0.2) is 10.9 Å². The molecule has 0 spiro atoms. The first-order chi connectivity index (χ1) is 18.7. The number of anilines is 2. The number of rotatable bonds is 8. The second kappa shape index (κ2) is 11.4. The van der Waals surface area contributed by atoms with E-state index in [0.29, 0.717) is 39.0 Å². The van der Waals surface area contributed by atoms with E-state index in [1.807, 2.05) is 18.2 Å². The van der Waals surface area contributed by atoms with Gasteiger partial charge in [-0.15, -0.1) is 11.3 Å². The summed E-state index contributed by atoms with van der Waals surface area (Å²) in [4.78, 5) is 41.3. The summed E-state index contributed by atoms with van der Waals surface area (Å²) in [6.45, 7) is 3.49. The first kappa shape index (κ1) is 27.3. The molecule has 39 heavy (non-hydrogen) atoms. The van der Waals surface area contributed by atoms with Gasteiger partial charge in [-0.05, 0) is 37.6 Å². The molecule has 1 aliphatic heterocycles. The van der Waals surface area contributed by atoms with Crippen molar-refractivity contribution in [3.8, 4) is 17.0 Å². The normalized spacial score (nSPS) is 13.6. The van der Waals surface area contributed by atoms with Crippen LogP contribution >= 0.6 is 11.3 Å². The fraction of sp³-hybridized carbons (Fsp3) is 0.222. The van der Waals surface area contributed by atoms with Gasteiger partial charge in [0, 0.05) is 34.1 Å². The molecule has 1 aliphatic rings. The molecule has 3 aromatic rings. The molecule has 0 saturated carbocycles. The maximum atomic E-state index is 12.9. The minimum atomic E-state index is -0.779. The van der Waals surface area contributed by atoms with Crippen molar-refractivity contribution in [2.45, 2.75) is 19.8 Å². The summed E-state index contributed by atoms with van der Waals surface area (Å²) in [6, 6.07) is 11.9. The Kier molecular flexibility index (Phi) is 7.96. The van der Waals surface area contributed by atoms with Gasteiger partial charge in [-0.25, -0.2) is 14.6 Å². The van der Waals surface area contributed by atoms with Crippen LogP contribution in [0.25, 0.3) is 11.3 Å². The van der Waals surface area contributed by atoms with E-state index < -0.39 is 22.8 Å². The molecule has 12 heteroatoms. The standard InChI is InChI=1S/C27H26N4O7S/c1-14-22(25(32)37-4)24(23(15(2)28-14)26(33)38-5)17-8-6-7-9-18(17)29-27-30-19(13-39-27)16-10-11-21(36-3)20(12-16)31(34)35/h6-13,24,28H,1-5H3,(H,29,30). The summed E-state index contributed by atoms with van der Waals surface area (Å²) in [5.41, 5.74) is 3.84. The number of esters is 2. The number of hydrogen-bond acceptors (Lipinski definition) is 11. The van der Waals surface area contributed by atoms with E-state index in [-0.39, 0.29) is 22.6 Å². The third-order valence-corrected chi connectivity index (χ3v) is 7.02. The Hall–Kier alpha value is -4.71. The smallest absolute Gasteiger partial charge is 0.336 e. The number of nitro groups is 1. The van der Waals surface area contributed by atoms with Crippen LogP contribution in [0.1, 0.15) is 25.3 Å². The van der Waals surface area contributed by atoms with E-state index in [0.717, 1.165) is 0 Å². The van der Waals surface area contributed by atoms with E-state index >= 15 is 0 Å². The third-order valence-electron chi connectivity index (χ3n) is 6.26. The summed E-state index contributed by atoms with van der Waals surface area (Å²) in [5, 5.41) is 20.1. The number of methoxy groups -OCH3 is 3. The second-order valence-electron chi connectivity index (χ2n) is 8.51. The predicted octanol–water partition coefficient (Wildman–Crippen LogP) is 5.05. The van der Waals surface area contributed by atoms with E-state index in [9.17, 15) is 19.7 Å². The zero-order chi connectivity index (χ0) is 28.3. The van der Waals surface area contributed by atoms with Gasteiger partial charge in [0.25, 0.3) is 0 Å². The van der Waals surface area contributed by atoms with E-state index in [2.05, 4.69) is 15.6 Å². The SMILES string of the molecule is COC(=O)C1=C(C)NC(C)=C(C(=O)OC)C1c1ccccc1Nc1nc(-c2ccc(OC)c([N+](=O)[O-])c2)cs1. The Morgan fingerprint density at radius 2 is 1.67 bits per heavy atom. The zero-order valence-corrected chi connectivity index (χ0v) is 22.7. The fourth-order valence-electron chi connectivity index (χ4n) is 4.50. The van der Waals surface area contributed by atoms with Crippen LogP contribution in [0.2, 0.25) is 0 Å². The summed E-state index contributed by atoms with van der Waals surface area (Å²) in [5.74, 6) is -1.78. The summed E-state index contributed by atoms with van der Waals surface area (Å²) in [6.07, 6.45) is 0. The van der Waals surface area contributed by atoms with Crippen LogP contribution in [0.15, 0.2) is 70.4 Å². The van der Waals surface area contributed by atoms with Crippen LogP contribution in [0.3, 0.4) is 0 Å². The Morgan fingerprint density at radius 1 is 1.03 bits per heavy atom. The van der Waals surface area contributed by atoms with E-state index in [4.69, 9.17) is 14.2 Å². The number of carbonyl (C=O) groups is 2. The molecule has 0 fully saturated rings. The Morgan fingerprint density at radius 3 is 2.26 bits per heavy atom. The highest BCUT2D eigenvalue weighted by atomic mass is 32.1. The number of nitrogens with zero attached hydrogens (tertiary/aromatic N) is 2. The van der Waals surface area contributed by atoms with Crippen LogP contribution < -0.4 is 15.4 Å². The fourth-order valence-corrected chi connectivity index (χ4v) is 5.23. The lowest BCUT2D eigenvalue weighted by atomic mass is 9.79. The van der Waals surface area contributed by atoms with Gasteiger partial charge in [0.2, 0.25) is 0 Å².